The van der Waals surface area contributed by atoms with Crippen molar-refractivity contribution in [3.8, 4) is 0 Å². The zero-order valence-electron chi connectivity index (χ0n) is 11.6. The standard InChI is InChI=1S/C14H16N6S/c1-2-10-6-11-12(17-8-9-4-3-5-16-7-9)18-14(20-15)19-13(11)21-10/h3-7H,2,8,15H2,1H3,(H2,17,18,19,20). The fourth-order valence-electron chi connectivity index (χ4n) is 2.03. The van der Waals surface area contributed by atoms with Crippen LogP contribution in [0.25, 0.3) is 10.2 Å². The van der Waals surface area contributed by atoms with E-state index >= 15 is 0 Å². The van der Waals surface area contributed by atoms with Crippen molar-refractivity contribution in [1.29, 1.82) is 0 Å². The number of nitrogen functional groups attached to an aromatic ring is 1. The molecule has 0 bridgehead atoms. The number of aromatic nitrogens is 3. The van der Waals surface area contributed by atoms with E-state index in [2.05, 4.69) is 38.7 Å². The molecule has 0 aliphatic heterocycles. The number of thiophene rings is 1. The molecule has 0 saturated carbocycles. The summed E-state index contributed by atoms with van der Waals surface area (Å²) < 4.78 is 0. The number of nitrogens with zero attached hydrogens (tertiary/aromatic N) is 3. The van der Waals surface area contributed by atoms with E-state index in [1.807, 2.05) is 18.3 Å². The predicted molar refractivity (Wildman–Crippen MR) is 86.2 cm³/mol. The number of pyridine rings is 1. The monoisotopic (exact) mass is 300 g/mol. The van der Waals surface area contributed by atoms with Gasteiger partial charge < -0.3 is 5.32 Å². The zero-order valence-corrected chi connectivity index (χ0v) is 12.4. The summed E-state index contributed by atoms with van der Waals surface area (Å²) in [6, 6.07) is 6.07. The second-order valence-electron chi connectivity index (χ2n) is 4.54. The third-order valence-electron chi connectivity index (χ3n) is 3.10. The largest absolute Gasteiger partial charge is 0.365 e. The van der Waals surface area contributed by atoms with Crippen LogP contribution in [0.3, 0.4) is 0 Å². The van der Waals surface area contributed by atoms with Gasteiger partial charge >= 0.3 is 0 Å². The molecule has 6 nitrogen and oxygen atoms in total. The van der Waals surface area contributed by atoms with Crippen LogP contribution in [0.2, 0.25) is 0 Å². The first-order valence-corrected chi connectivity index (χ1v) is 7.51. The third-order valence-corrected chi connectivity index (χ3v) is 4.28. The second kappa shape index (κ2) is 6.02. The number of aryl methyl sites for hydroxylation is 1. The Labute approximate surface area is 126 Å². The van der Waals surface area contributed by atoms with Gasteiger partial charge in [-0.25, -0.2) is 10.8 Å². The van der Waals surface area contributed by atoms with E-state index in [-0.39, 0.29) is 0 Å². The summed E-state index contributed by atoms with van der Waals surface area (Å²) in [5, 5.41) is 4.36. The summed E-state index contributed by atoms with van der Waals surface area (Å²) in [4.78, 5) is 15.1. The van der Waals surface area contributed by atoms with Crippen molar-refractivity contribution in [1.82, 2.24) is 15.0 Å². The Morgan fingerprint density at radius 2 is 2.24 bits per heavy atom. The van der Waals surface area contributed by atoms with Gasteiger partial charge in [0.1, 0.15) is 10.6 Å². The lowest BCUT2D eigenvalue weighted by Gasteiger charge is -2.08. The molecule has 21 heavy (non-hydrogen) atoms. The van der Waals surface area contributed by atoms with Gasteiger partial charge in [-0.15, -0.1) is 11.3 Å². The molecule has 3 heterocycles. The van der Waals surface area contributed by atoms with Crippen LogP contribution in [-0.2, 0) is 13.0 Å². The average molecular weight is 300 g/mol. The first-order valence-electron chi connectivity index (χ1n) is 6.70. The van der Waals surface area contributed by atoms with Crippen molar-refractivity contribution in [2.45, 2.75) is 19.9 Å². The van der Waals surface area contributed by atoms with Crippen molar-refractivity contribution in [3.63, 3.8) is 0 Å². The molecule has 0 spiro atoms. The molecule has 0 atom stereocenters. The van der Waals surface area contributed by atoms with E-state index in [1.165, 1.54) is 4.88 Å². The first kappa shape index (κ1) is 13.7. The van der Waals surface area contributed by atoms with Gasteiger partial charge in [-0.3, -0.25) is 10.4 Å². The van der Waals surface area contributed by atoms with Crippen molar-refractivity contribution in [2.24, 2.45) is 5.84 Å². The SMILES string of the molecule is CCc1cc2c(NCc3cccnc3)nc(NN)nc2s1. The normalized spacial score (nSPS) is 10.8. The topological polar surface area (TPSA) is 88.8 Å². The van der Waals surface area contributed by atoms with E-state index < -0.39 is 0 Å². The molecule has 0 aliphatic rings. The van der Waals surface area contributed by atoms with Crippen molar-refractivity contribution in [3.05, 3.63) is 41.0 Å². The van der Waals surface area contributed by atoms with Crippen LogP contribution in [-0.4, -0.2) is 15.0 Å². The van der Waals surface area contributed by atoms with Crippen LogP contribution in [0, 0.1) is 0 Å². The molecule has 0 radical (unpaired) electrons. The highest BCUT2D eigenvalue weighted by molar-refractivity contribution is 7.18. The molecule has 0 fully saturated rings. The minimum atomic E-state index is 0.417. The third kappa shape index (κ3) is 2.93. The molecule has 3 rings (SSSR count). The Morgan fingerprint density at radius 1 is 1.33 bits per heavy atom. The predicted octanol–water partition coefficient (Wildman–Crippen LogP) is 2.55. The van der Waals surface area contributed by atoms with Gasteiger partial charge in [-0.2, -0.15) is 4.98 Å². The molecule has 3 aromatic heterocycles. The summed E-state index contributed by atoms with van der Waals surface area (Å²) in [6.45, 7) is 2.78. The highest BCUT2D eigenvalue weighted by Crippen LogP contribution is 2.30. The number of anilines is 2. The minimum absolute atomic E-state index is 0.417. The average Bonchev–Trinajstić information content (AvgIpc) is 2.96. The molecular formula is C14H16N6S. The molecule has 0 aromatic carbocycles. The maximum absolute atomic E-state index is 5.45. The number of nitrogens with two attached hydrogens (primary N) is 1. The summed E-state index contributed by atoms with van der Waals surface area (Å²) in [6.07, 6.45) is 4.57. The lowest BCUT2D eigenvalue weighted by Crippen LogP contribution is -2.12. The first-order chi connectivity index (χ1) is 10.3. The van der Waals surface area contributed by atoms with Crippen molar-refractivity contribution in [2.75, 3.05) is 10.7 Å². The van der Waals surface area contributed by atoms with E-state index in [4.69, 9.17) is 5.84 Å². The fourth-order valence-corrected chi connectivity index (χ4v) is 3.00. The molecule has 4 N–H and O–H groups in total. The molecule has 0 saturated heterocycles. The van der Waals surface area contributed by atoms with Crippen molar-refractivity contribution < 1.29 is 0 Å². The Kier molecular flexibility index (Phi) is 3.94. The number of nitrogens with one attached hydrogen (secondary N) is 2. The number of hydrogen-bond donors (Lipinski definition) is 3. The van der Waals surface area contributed by atoms with Crippen LogP contribution >= 0.6 is 11.3 Å². The smallest absolute Gasteiger partial charge is 0.240 e. The van der Waals surface area contributed by atoms with Gasteiger partial charge in [0.05, 0.1) is 5.39 Å². The Hall–Kier alpha value is -2.25. The van der Waals surface area contributed by atoms with E-state index in [9.17, 15) is 0 Å². The maximum atomic E-state index is 5.45. The van der Waals surface area contributed by atoms with Gasteiger partial charge in [0, 0.05) is 23.8 Å². The van der Waals surface area contributed by atoms with E-state index in [0.29, 0.717) is 12.5 Å². The quantitative estimate of drug-likeness (QED) is 0.496. The van der Waals surface area contributed by atoms with Crippen LogP contribution < -0.4 is 16.6 Å². The molecule has 0 amide bonds. The summed E-state index contributed by atoms with van der Waals surface area (Å²) in [7, 11) is 0. The van der Waals surface area contributed by atoms with Gasteiger partial charge in [-0.05, 0) is 24.1 Å². The molecule has 108 valence electrons. The second-order valence-corrected chi connectivity index (χ2v) is 5.66. The lowest BCUT2D eigenvalue weighted by atomic mass is 10.2. The Morgan fingerprint density at radius 3 is 2.95 bits per heavy atom. The van der Waals surface area contributed by atoms with Gasteiger partial charge in [0.25, 0.3) is 0 Å². The zero-order chi connectivity index (χ0) is 14.7. The number of hydrazine groups is 1. The van der Waals surface area contributed by atoms with E-state index in [0.717, 1.165) is 28.0 Å². The van der Waals surface area contributed by atoms with Crippen LogP contribution in [0.4, 0.5) is 11.8 Å². The number of fused-ring (bicyclic) bond motifs is 1. The molecule has 7 heteroatoms. The lowest BCUT2D eigenvalue weighted by molar-refractivity contribution is 1.07. The summed E-state index contributed by atoms with van der Waals surface area (Å²) in [5.74, 6) is 6.65. The summed E-state index contributed by atoms with van der Waals surface area (Å²) >= 11 is 1.66. The number of rotatable bonds is 5. The van der Waals surface area contributed by atoms with Gasteiger partial charge in [-0.1, -0.05) is 13.0 Å². The van der Waals surface area contributed by atoms with E-state index in [1.54, 1.807) is 17.5 Å². The highest BCUT2D eigenvalue weighted by atomic mass is 32.1. The van der Waals surface area contributed by atoms with Gasteiger partial charge in [0.2, 0.25) is 5.95 Å². The molecule has 0 unspecified atom stereocenters. The number of hydrogen-bond acceptors (Lipinski definition) is 7. The summed E-state index contributed by atoms with van der Waals surface area (Å²) in [5.41, 5.74) is 3.61. The highest BCUT2D eigenvalue weighted by Gasteiger charge is 2.10. The molecule has 3 aromatic rings. The van der Waals surface area contributed by atoms with Crippen LogP contribution in [0.1, 0.15) is 17.4 Å². The Balaban J connectivity index is 1.94. The maximum Gasteiger partial charge on any atom is 0.240 e. The van der Waals surface area contributed by atoms with Crippen molar-refractivity contribution >= 4 is 33.3 Å². The Bertz CT molecular complexity index is 740. The minimum Gasteiger partial charge on any atom is -0.365 e. The van der Waals surface area contributed by atoms with Gasteiger partial charge in [0.15, 0.2) is 0 Å². The van der Waals surface area contributed by atoms with Crippen LogP contribution in [0.15, 0.2) is 30.6 Å². The molecule has 0 aliphatic carbocycles. The molecular weight excluding hydrogens is 284 g/mol. The fraction of sp³-hybridized carbons (Fsp3) is 0.214. The van der Waals surface area contributed by atoms with Crippen LogP contribution in [0.5, 0.6) is 0 Å².